The topological polar surface area (TPSA) is 62.3 Å². The average Bonchev–Trinajstić information content (AvgIpc) is 2.84. The highest BCUT2D eigenvalue weighted by molar-refractivity contribution is 5.97. The molecule has 0 N–H and O–H groups in total. The Hall–Kier alpha value is -3.06. The molecule has 2 fully saturated rings. The fourth-order valence-electron chi connectivity index (χ4n) is 4.64. The van der Waals surface area contributed by atoms with Gasteiger partial charge in [-0.25, -0.2) is 0 Å². The number of ether oxygens (including phenoxy) is 2. The molecule has 4 rings (SSSR count). The van der Waals surface area contributed by atoms with Gasteiger partial charge in [0, 0.05) is 38.3 Å². The number of rotatable bonds is 5. The second-order valence-electron chi connectivity index (χ2n) is 8.45. The molecule has 7 heteroatoms. The lowest BCUT2D eigenvalue weighted by Crippen LogP contribution is -2.53. The monoisotopic (exact) mass is 437 g/mol. The molecule has 2 atom stereocenters. The van der Waals surface area contributed by atoms with Crippen molar-refractivity contribution in [1.82, 2.24) is 9.80 Å². The first-order chi connectivity index (χ1) is 15.5. The summed E-state index contributed by atoms with van der Waals surface area (Å²) < 4.78 is 10.6. The molecular weight excluding hydrogens is 406 g/mol. The Morgan fingerprint density at radius 2 is 1.44 bits per heavy atom. The van der Waals surface area contributed by atoms with Gasteiger partial charge in [0.05, 0.1) is 26.2 Å². The van der Waals surface area contributed by atoms with Gasteiger partial charge in [0.15, 0.2) is 0 Å². The summed E-state index contributed by atoms with van der Waals surface area (Å²) in [6.07, 6.45) is 0.899. The number of anilines is 1. The van der Waals surface area contributed by atoms with E-state index in [-0.39, 0.29) is 23.8 Å². The predicted molar refractivity (Wildman–Crippen MR) is 123 cm³/mol. The molecule has 2 aromatic carbocycles. The Morgan fingerprint density at radius 1 is 0.875 bits per heavy atom. The molecule has 0 spiro atoms. The molecule has 170 valence electrons. The SMILES string of the molecule is COc1ccc([C@H]2[C@H](C(=O)N3CCN(C)CC3)CCC(=O)N2c2ccc(OC)cc2)cc1. The molecule has 0 saturated carbocycles. The maximum absolute atomic E-state index is 13.7. The van der Waals surface area contributed by atoms with Crippen LogP contribution in [0.1, 0.15) is 24.4 Å². The number of amides is 2. The molecule has 2 aliphatic rings. The lowest BCUT2D eigenvalue weighted by Gasteiger charge is -2.43. The Bertz CT molecular complexity index is 937. The van der Waals surface area contributed by atoms with E-state index in [1.165, 1.54) is 0 Å². The second kappa shape index (κ2) is 9.61. The maximum Gasteiger partial charge on any atom is 0.228 e. The minimum atomic E-state index is -0.372. The number of nitrogens with zero attached hydrogens (tertiary/aromatic N) is 3. The predicted octanol–water partition coefficient (Wildman–Crippen LogP) is 2.96. The third-order valence-corrected chi connectivity index (χ3v) is 6.54. The molecule has 0 aromatic heterocycles. The average molecular weight is 438 g/mol. The molecule has 7 nitrogen and oxygen atoms in total. The van der Waals surface area contributed by atoms with Crippen molar-refractivity contribution in [2.45, 2.75) is 18.9 Å². The Balaban J connectivity index is 1.72. The molecule has 0 bridgehead atoms. The lowest BCUT2D eigenvalue weighted by atomic mass is 9.82. The zero-order valence-electron chi connectivity index (χ0n) is 19.0. The third-order valence-electron chi connectivity index (χ3n) is 6.54. The van der Waals surface area contributed by atoms with E-state index >= 15 is 0 Å². The number of piperidine rings is 1. The van der Waals surface area contributed by atoms with E-state index in [9.17, 15) is 9.59 Å². The number of hydrogen-bond acceptors (Lipinski definition) is 5. The first-order valence-corrected chi connectivity index (χ1v) is 11.1. The summed E-state index contributed by atoms with van der Waals surface area (Å²) in [6.45, 7) is 3.18. The van der Waals surface area contributed by atoms with Crippen LogP contribution in [0.2, 0.25) is 0 Å². The molecule has 2 saturated heterocycles. The molecule has 32 heavy (non-hydrogen) atoms. The lowest BCUT2D eigenvalue weighted by molar-refractivity contribution is -0.139. The summed E-state index contributed by atoms with van der Waals surface area (Å²) in [6, 6.07) is 14.8. The van der Waals surface area contributed by atoms with Crippen LogP contribution in [0.15, 0.2) is 48.5 Å². The van der Waals surface area contributed by atoms with Gasteiger partial charge in [-0.05, 0) is 55.4 Å². The van der Waals surface area contributed by atoms with Gasteiger partial charge in [-0.1, -0.05) is 12.1 Å². The molecule has 2 aromatic rings. The van der Waals surface area contributed by atoms with Crippen LogP contribution in [-0.2, 0) is 9.59 Å². The number of carbonyl (C=O) groups is 2. The number of methoxy groups -OCH3 is 2. The smallest absolute Gasteiger partial charge is 0.228 e. The highest BCUT2D eigenvalue weighted by Gasteiger charge is 2.43. The van der Waals surface area contributed by atoms with Crippen LogP contribution >= 0.6 is 0 Å². The van der Waals surface area contributed by atoms with Crippen LogP contribution < -0.4 is 14.4 Å². The van der Waals surface area contributed by atoms with Crippen molar-refractivity contribution < 1.29 is 19.1 Å². The van der Waals surface area contributed by atoms with Gasteiger partial charge < -0.3 is 24.2 Å². The van der Waals surface area contributed by atoms with Crippen LogP contribution in [0, 0.1) is 5.92 Å². The van der Waals surface area contributed by atoms with Crippen LogP contribution in [0.25, 0.3) is 0 Å². The van der Waals surface area contributed by atoms with Crippen molar-refractivity contribution in [3.8, 4) is 11.5 Å². The first kappa shape index (κ1) is 22.1. The quantitative estimate of drug-likeness (QED) is 0.720. The minimum Gasteiger partial charge on any atom is -0.497 e. The standard InChI is InChI=1S/C25H31N3O4/c1-26-14-16-27(17-15-26)25(30)22-12-13-23(29)28(19-6-10-21(32-3)11-7-19)24(22)18-4-8-20(31-2)9-5-18/h4-11,22,24H,12-17H2,1-3H3/t22-,24+/m1/s1. The number of likely N-dealkylation sites (N-methyl/N-ethyl adjacent to an activating group) is 1. The van der Waals surface area contributed by atoms with E-state index in [2.05, 4.69) is 11.9 Å². The highest BCUT2D eigenvalue weighted by Crippen LogP contribution is 2.41. The van der Waals surface area contributed by atoms with Gasteiger partial charge in [0.25, 0.3) is 0 Å². The van der Waals surface area contributed by atoms with Gasteiger partial charge in [-0.2, -0.15) is 0 Å². The van der Waals surface area contributed by atoms with E-state index in [1.54, 1.807) is 19.1 Å². The van der Waals surface area contributed by atoms with E-state index in [0.29, 0.717) is 12.8 Å². The fraction of sp³-hybridized carbons (Fsp3) is 0.440. The van der Waals surface area contributed by atoms with Gasteiger partial charge in [0.1, 0.15) is 11.5 Å². The van der Waals surface area contributed by atoms with E-state index in [1.807, 2.05) is 53.4 Å². The Labute approximate surface area is 189 Å². The van der Waals surface area contributed by atoms with E-state index in [4.69, 9.17) is 9.47 Å². The van der Waals surface area contributed by atoms with Crippen molar-refractivity contribution in [1.29, 1.82) is 0 Å². The van der Waals surface area contributed by atoms with Crippen LogP contribution in [0.4, 0.5) is 5.69 Å². The van der Waals surface area contributed by atoms with E-state index < -0.39 is 0 Å². The van der Waals surface area contributed by atoms with Crippen molar-refractivity contribution in [2.24, 2.45) is 5.92 Å². The van der Waals surface area contributed by atoms with Crippen LogP contribution in [0.5, 0.6) is 11.5 Å². The number of piperazine rings is 1. The number of carbonyl (C=O) groups excluding carboxylic acids is 2. The Morgan fingerprint density at radius 3 is 2.00 bits per heavy atom. The molecule has 2 heterocycles. The molecule has 2 amide bonds. The summed E-state index contributed by atoms with van der Waals surface area (Å²) in [4.78, 5) is 32.8. The third kappa shape index (κ3) is 4.43. The summed E-state index contributed by atoms with van der Waals surface area (Å²) >= 11 is 0. The zero-order valence-corrected chi connectivity index (χ0v) is 19.0. The molecule has 0 aliphatic carbocycles. The van der Waals surface area contributed by atoms with Crippen molar-refractivity contribution >= 4 is 17.5 Å². The highest BCUT2D eigenvalue weighted by atomic mass is 16.5. The van der Waals surface area contributed by atoms with Gasteiger partial charge >= 0.3 is 0 Å². The normalized spacial score (nSPS) is 22.0. The van der Waals surface area contributed by atoms with Crippen molar-refractivity contribution in [3.63, 3.8) is 0 Å². The molecular formula is C25H31N3O4. The summed E-state index contributed by atoms with van der Waals surface area (Å²) in [5.41, 5.74) is 1.70. The fourth-order valence-corrected chi connectivity index (χ4v) is 4.64. The zero-order chi connectivity index (χ0) is 22.7. The summed E-state index contributed by atoms with van der Waals surface area (Å²) in [5.74, 6) is 1.33. The number of hydrogen-bond donors (Lipinski definition) is 0. The van der Waals surface area contributed by atoms with Crippen LogP contribution in [-0.4, -0.2) is 69.1 Å². The Kier molecular flexibility index (Phi) is 6.65. The molecule has 2 aliphatic heterocycles. The second-order valence-corrected chi connectivity index (χ2v) is 8.45. The minimum absolute atomic E-state index is 0.0263. The largest absolute Gasteiger partial charge is 0.497 e. The van der Waals surface area contributed by atoms with Gasteiger partial charge in [-0.3, -0.25) is 9.59 Å². The first-order valence-electron chi connectivity index (χ1n) is 11.1. The van der Waals surface area contributed by atoms with Crippen molar-refractivity contribution in [3.05, 3.63) is 54.1 Å². The van der Waals surface area contributed by atoms with Crippen LogP contribution in [0.3, 0.4) is 0 Å². The summed E-state index contributed by atoms with van der Waals surface area (Å²) in [7, 11) is 5.32. The van der Waals surface area contributed by atoms with Gasteiger partial charge in [-0.15, -0.1) is 0 Å². The summed E-state index contributed by atoms with van der Waals surface area (Å²) in [5, 5.41) is 0. The van der Waals surface area contributed by atoms with Crippen molar-refractivity contribution in [2.75, 3.05) is 52.3 Å². The maximum atomic E-state index is 13.7. The van der Waals surface area contributed by atoms with Gasteiger partial charge in [0.2, 0.25) is 11.8 Å². The molecule has 0 unspecified atom stereocenters. The van der Waals surface area contributed by atoms with E-state index in [0.717, 1.165) is 48.9 Å². The molecule has 0 radical (unpaired) electrons. The number of benzene rings is 2.